The zero-order chi connectivity index (χ0) is 23.0. The monoisotopic (exact) mass is 476 g/mol. The molecule has 2 aromatic rings. The number of unbranched alkanes of at least 4 members (excludes halogenated alkanes) is 7. The third-order valence-corrected chi connectivity index (χ3v) is 4.96. The van der Waals surface area contributed by atoms with Gasteiger partial charge in [0.15, 0.2) is 5.69 Å². The molecule has 1 heterocycles. The van der Waals surface area contributed by atoms with Crippen LogP contribution < -0.4 is 33.8 Å². The van der Waals surface area contributed by atoms with Crippen molar-refractivity contribution in [2.24, 2.45) is 10.2 Å². The summed E-state index contributed by atoms with van der Waals surface area (Å²) in [4.78, 5) is 14.9. The van der Waals surface area contributed by atoms with E-state index in [0.29, 0.717) is 23.0 Å². The molecular weight excluding hydrogens is 440 g/mol. The number of pyridine rings is 1. The third kappa shape index (κ3) is 11.0. The molecule has 0 spiro atoms. The van der Waals surface area contributed by atoms with Crippen molar-refractivity contribution in [2.45, 2.75) is 65.2 Å². The van der Waals surface area contributed by atoms with E-state index in [-0.39, 0.29) is 19.0 Å². The minimum Gasteiger partial charge on any atom is -1.00 e. The lowest BCUT2D eigenvalue weighted by atomic mass is 10.1. The molecule has 0 unspecified atom stereocenters. The Morgan fingerprint density at radius 2 is 1.67 bits per heavy atom. The van der Waals surface area contributed by atoms with Gasteiger partial charge < -0.3 is 28.2 Å². The van der Waals surface area contributed by atoms with Crippen molar-refractivity contribution in [2.75, 3.05) is 29.5 Å². The first kappa shape index (κ1) is 28.2. The number of carbonyl (C=O) groups is 1. The van der Waals surface area contributed by atoms with Gasteiger partial charge in [-0.25, -0.2) is 9.78 Å². The molecule has 1 aromatic heterocycles. The van der Waals surface area contributed by atoms with Gasteiger partial charge in [-0.3, -0.25) is 5.32 Å². The molecular formula is C24H37ClN6O2. The smallest absolute Gasteiger partial charge is 0.411 e. The van der Waals surface area contributed by atoms with Crippen LogP contribution in [0.4, 0.5) is 33.5 Å². The van der Waals surface area contributed by atoms with Crippen molar-refractivity contribution >= 4 is 34.8 Å². The standard InChI is InChI=1S/C24H36N6O2.ClH/c1-3-5-6-7-8-9-10-14-17-26-23-21(30-29-19-15-12-11-13-16-19)18-20(22(25)28-23)27-24(31)32-4-2;/h11-13,15-16,18H,3-10,14,17H2,1-2H3,(H,27,31)(H3,25,26,28);1H. The van der Waals surface area contributed by atoms with E-state index < -0.39 is 6.09 Å². The number of aromatic nitrogens is 1. The number of rotatable bonds is 14. The zero-order valence-electron chi connectivity index (χ0n) is 19.7. The largest absolute Gasteiger partial charge is 1.00 e. The van der Waals surface area contributed by atoms with Crippen molar-refractivity contribution in [3.05, 3.63) is 36.4 Å². The first-order chi connectivity index (χ1) is 15.6. The summed E-state index contributed by atoms with van der Waals surface area (Å²) >= 11 is 0. The van der Waals surface area contributed by atoms with Crippen LogP contribution in [0, 0.1) is 0 Å². The second-order valence-corrected chi connectivity index (χ2v) is 7.64. The van der Waals surface area contributed by atoms with E-state index >= 15 is 0 Å². The number of hydrogen-bond donors (Lipinski definition) is 3. The van der Waals surface area contributed by atoms with Crippen LogP contribution in [0.1, 0.15) is 65.2 Å². The van der Waals surface area contributed by atoms with Gasteiger partial charge in [0.25, 0.3) is 0 Å². The predicted molar refractivity (Wildman–Crippen MR) is 130 cm³/mol. The first-order valence-electron chi connectivity index (χ1n) is 11.6. The normalized spacial score (nSPS) is 10.6. The summed E-state index contributed by atoms with van der Waals surface area (Å²) in [6.07, 6.45) is 9.48. The Morgan fingerprint density at radius 1 is 1.00 bits per heavy atom. The van der Waals surface area contributed by atoms with Gasteiger partial charge >= 0.3 is 6.09 Å². The Hall–Kier alpha value is -2.87. The SMILES string of the molecule is CCCCCCCCCCNc1[nH+]c(N)c(NC(=O)OCC)cc1N=Nc1ccccc1.[Cl-]. The van der Waals surface area contributed by atoms with Gasteiger partial charge in [0.05, 0.1) is 18.8 Å². The number of anilines is 3. The van der Waals surface area contributed by atoms with Gasteiger partial charge in [-0.05, 0) is 25.5 Å². The second-order valence-electron chi connectivity index (χ2n) is 7.64. The molecule has 1 aromatic carbocycles. The van der Waals surface area contributed by atoms with Crippen molar-refractivity contribution in [1.82, 2.24) is 0 Å². The summed E-state index contributed by atoms with van der Waals surface area (Å²) in [5.41, 5.74) is 7.79. The van der Waals surface area contributed by atoms with Crippen molar-refractivity contribution < 1.29 is 26.9 Å². The van der Waals surface area contributed by atoms with Crippen LogP contribution in [-0.2, 0) is 4.74 Å². The van der Waals surface area contributed by atoms with Crippen molar-refractivity contribution in [3.8, 4) is 0 Å². The predicted octanol–water partition coefficient (Wildman–Crippen LogP) is 3.62. The molecule has 5 N–H and O–H groups in total. The summed E-state index contributed by atoms with van der Waals surface area (Å²) in [5.74, 6) is 0.981. The number of nitrogens with one attached hydrogen (secondary N) is 3. The highest BCUT2D eigenvalue weighted by Gasteiger charge is 2.16. The number of nitrogens with zero attached hydrogens (tertiary/aromatic N) is 2. The molecule has 0 aliphatic carbocycles. The number of nitrogen functional groups attached to an aromatic ring is 1. The lowest BCUT2D eigenvalue weighted by molar-refractivity contribution is -0.341. The number of ether oxygens (including phenoxy) is 1. The lowest BCUT2D eigenvalue weighted by Gasteiger charge is -2.09. The minimum absolute atomic E-state index is 0. The van der Waals surface area contributed by atoms with E-state index in [0.717, 1.165) is 18.7 Å². The molecule has 1 amide bonds. The van der Waals surface area contributed by atoms with Crippen LogP contribution in [0.5, 0.6) is 0 Å². The number of amides is 1. The van der Waals surface area contributed by atoms with Crippen LogP contribution in [-0.4, -0.2) is 19.2 Å². The molecule has 182 valence electrons. The average molecular weight is 477 g/mol. The molecule has 2 rings (SSSR count). The van der Waals surface area contributed by atoms with E-state index in [2.05, 4.69) is 32.8 Å². The summed E-state index contributed by atoms with van der Waals surface area (Å²) in [7, 11) is 0. The van der Waals surface area contributed by atoms with Crippen LogP contribution in [0.3, 0.4) is 0 Å². The molecule has 0 saturated carbocycles. The fourth-order valence-electron chi connectivity index (χ4n) is 3.23. The minimum atomic E-state index is -0.571. The maximum Gasteiger partial charge on any atom is 0.411 e. The fraction of sp³-hybridized carbons (Fsp3) is 0.500. The van der Waals surface area contributed by atoms with Crippen LogP contribution >= 0.6 is 0 Å². The topological polar surface area (TPSA) is 115 Å². The molecule has 0 saturated heterocycles. The van der Waals surface area contributed by atoms with Gasteiger partial charge in [-0.15, -0.1) is 5.11 Å². The first-order valence-corrected chi connectivity index (χ1v) is 11.6. The van der Waals surface area contributed by atoms with Gasteiger partial charge in [0, 0.05) is 6.07 Å². The van der Waals surface area contributed by atoms with Crippen LogP contribution in [0.25, 0.3) is 0 Å². The van der Waals surface area contributed by atoms with Crippen molar-refractivity contribution in [3.63, 3.8) is 0 Å². The molecule has 0 fully saturated rings. The highest BCUT2D eigenvalue weighted by molar-refractivity contribution is 5.88. The summed E-state index contributed by atoms with van der Waals surface area (Å²) in [6, 6.07) is 11.2. The van der Waals surface area contributed by atoms with E-state index in [1.54, 1.807) is 13.0 Å². The molecule has 0 radical (unpaired) electrons. The number of azo groups is 1. The Labute approximate surface area is 203 Å². The highest BCUT2D eigenvalue weighted by atomic mass is 35.5. The summed E-state index contributed by atoms with van der Waals surface area (Å²) in [5, 5.41) is 14.7. The maximum atomic E-state index is 11.8. The Balaban J connectivity index is 0.00000544. The number of hydrogen-bond acceptors (Lipinski definition) is 6. The van der Waals surface area contributed by atoms with Gasteiger partial charge in [0.1, 0.15) is 5.69 Å². The van der Waals surface area contributed by atoms with Crippen LogP contribution in [0.15, 0.2) is 46.6 Å². The Morgan fingerprint density at radius 3 is 2.33 bits per heavy atom. The lowest BCUT2D eigenvalue weighted by Crippen LogP contribution is -3.00. The van der Waals surface area contributed by atoms with Gasteiger partial charge in [0.2, 0.25) is 11.6 Å². The summed E-state index contributed by atoms with van der Waals surface area (Å²) < 4.78 is 4.94. The number of nitrogens with two attached hydrogens (primary N) is 1. The van der Waals surface area contributed by atoms with Gasteiger partial charge in [-0.1, -0.05) is 70.1 Å². The molecule has 33 heavy (non-hydrogen) atoms. The maximum absolute atomic E-state index is 11.8. The van der Waals surface area contributed by atoms with E-state index in [4.69, 9.17) is 10.5 Å². The summed E-state index contributed by atoms with van der Waals surface area (Å²) in [6.45, 7) is 5.05. The molecule has 0 aliphatic rings. The number of benzene rings is 1. The number of halogens is 1. The molecule has 0 aliphatic heterocycles. The molecule has 9 heteroatoms. The number of carbonyl (C=O) groups excluding carboxylic acids is 1. The van der Waals surface area contributed by atoms with Gasteiger partial charge in [-0.2, -0.15) is 5.11 Å². The van der Waals surface area contributed by atoms with Crippen molar-refractivity contribution in [1.29, 1.82) is 0 Å². The van der Waals surface area contributed by atoms with E-state index in [9.17, 15) is 4.79 Å². The third-order valence-electron chi connectivity index (χ3n) is 4.96. The number of H-pyrrole nitrogens is 1. The molecule has 8 nitrogen and oxygen atoms in total. The molecule has 0 atom stereocenters. The second kappa shape index (κ2) is 16.7. The average Bonchev–Trinajstić information content (AvgIpc) is 2.79. The highest BCUT2D eigenvalue weighted by Crippen LogP contribution is 2.29. The quantitative estimate of drug-likeness (QED) is 0.285. The Bertz CT molecular complexity index is 848. The Kier molecular flexibility index (Phi) is 14.3. The fourth-order valence-corrected chi connectivity index (χ4v) is 3.23. The number of aromatic amines is 1. The zero-order valence-corrected chi connectivity index (χ0v) is 20.5. The van der Waals surface area contributed by atoms with Crippen LogP contribution in [0.2, 0.25) is 0 Å². The van der Waals surface area contributed by atoms with E-state index in [1.165, 1.54) is 44.9 Å². The molecule has 0 bridgehead atoms. The van der Waals surface area contributed by atoms with E-state index in [1.807, 2.05) is 30.3 Å².